The van der Waals surface area contributed by atoms with Crippen LogP contribution in [0, 0.1) is 11.8 Å². The van der Waals surface area contributed by atoms with Gasteiger partial charge in [-0.15, -0.1) is 6.58 Å². The Hall–Kier alpha value is -2.08. The van der Waals surface area contributed by atoms with E-state index in [2.05, 4.69) is 62.0 Å². The van der Waals surface area contributed by atoms with Crippen LogP contribution < -0.4 is 0 Å². The lowest BCUT2D eigenvalue weighted by molar-refractivity contribution is 0.303. The first kappa shape index (κ1) is 20.8. The Morgan fingerprint density at radius 2 is 1.77 bits per heavy atom. The van der Waals surface area contributed by atoms with Crippen LogP contribution in [0.4, 0.5) is 0 Å². The molecule has 0 bridgehead atoms. The minimum absolute atomic E-state index is 0.646. The number of hydrogen-bond donors (Lipinski definition) is 0. The Balaban J connectivity index is 1.54. The van der Waals surface area contributed by atoms with Gasteiger partial charge in [0.15, 0.2) is 0 Å². The molecule has 1 fully saturated rings. The summed E-state index contributed by atoms with van der Waals surface area (Å²) in [5, 5.41) is 5.97. The SMILES string of the molecule is C=CC1CCc2c(ccc3c2c(C2CCC(CCCCC)CC2)cc2ccccc23)C1. The van der Waals surface area contributed by atoms with Gasteiger partial charge in [-0.25, -0.2) is 0 Å². The molecule has 2 aliphatic rings. The van der Waals surface area contributed by atoms with Gasteiger partial charge in [-0.1, -0.05) is 81.1 Å². The Morgan fingerprint density at radius 3 is 2.58 bits per heavy atom. The molecule has 162 valence electrons. The van der Waals surface area contributed by atoms with Crippen LogP contribution in [0.25, 0.3) is 21.5 Å². The number of hydrogen-bond acceptors (Lipinski definition) is 0. The molecule has 0 saturated heterocycles. The molecule has 0 radical (unpaired) electrons. The van der Waals surface area contributed by atoms with E-state index in [1.54, 1.807) is 22.1 Å². The van der Waals surface area contributed by atoms with Crippen molar-refractivity contribution in [1.29, 1.82) is 0 Å². The fraction of sp³-hybridized carbons (Fsp3) is 0.484. The van der Waals surface area contributed by atoms with Gasteiger partial charge < -0.3 is 0 Å². The Bertz CT molecular complexity index is 1060. The fourth-order valence-corrected chi connectivity index (χ4v) is 6.51. The molecule has 0 N–H and O–H groups in total. The molecule has 1 atom stereocenters. The minimum Gasteiger partial charge on any atom is -0.103 e. The summed E-state index contributed by atoms with van der Waals surface area (Å²) in [6.07, 6.45) is 17.1. The topological polar surface area (TPSA) is 0 Å². The van der Waals surface area contributed by atoms with Crippen molar-refractivity contribution in [2.24, 2.45) is 11.8 Å². The summed E-state index contributed by atoms with van der Waals surface area (Å²) in [6, 6.07) is 16.5. The Labute approximate surface area is 188 Å². The van der Waals surface area contributed by atoms with Crippen LogP contribution in [0.15, 0.2) is 55.1 Å². The molecule has 0 aliphatic heterocycles. The number of aryl methyl sites for hydroxylation is 1. The lowest BCUT2D eigenvalue weighted by Gasteiger charge is -2.32. The van der Waals surface area contributed by atoms with Gasteiger partial charge in [0.2, 0.25) is 0 Å². The molecule has 0 spiro atoms. The molecule has 5 rings (SSSR count). The van der Waals surface area contributed by atoms with Crippen LogP contribution in [0.5, 0.6) is 0 Å². The molecular formula is C31H38. The molecule has 0 amide bonds. The van der Waals surface area contributed by atoms with E-state index in [1.807, 2.05) is 0 Å². The van der Waals surface area contributed by atoms with Crippen LogP contribution in [0.3, 0.4) is 0 Å². The van der Waals surface area contributed by atoms with Crippen molar-refractivity contribution in [3.63, 3.8) is 0 Å². The second-order valence-corrected chi connectivity index (χ2v) is 10.3. The number of fused-ring (bicyclic) bond motifs is 5. The first-order valence-corrected chi connectivity index (χ1v) is 12.9. The quantitative estimate of drug-likeness (QED) is 0.216. The highest BCUT2D eigenvalue weighted by Gasteiger charge is 2.27. The Morgan fingerprint density at radius 1 is 0.935 bits per heavy atom. The largest absolute Gasteiger partial charge is 0.103 e. The molecule has 1 saturated carbocycles. The van der Waals surface area contributed by atoms with Gasteiger partial charge in [-0.3, -0.25) is 0 Å². The van der Waals surface area contributed by atoms with Crippen LogP contribution in [0.1, 0.15) is 87.3 Å². The summed E-state index contributed by atoms with van der Waals surface area (Å²) in [5.41, 5.74) is 4.89. The van der Waals surface area contributed by atoms with E-state index in [4.69, 9.17) is 0 Å². The van der Waals surface area contributed by atoms with Gasteiger partial charge in [0, 0.05) is 0 Å². The van der Waals surface area contributed by atoms with Crippen LogP contribution in [-0.2, 0) is 12.8 Å². The van der Waals surface area contributed by atoms with Crippen molar-refractivity contribution < 1.29 is 0 Å². The summed E-state index contributed by atoms with van der Waals surface area (Å²) in [7, 11) is 0. The number of allylic oxidation sites excluding steroid dienone is 1. The lowest BCUT2D eigenvalue weighted by Crippen LogP contribution is -2.16. The van der Waals surface area contributed by atoms with E-state index < -0.39 is 0 Å². The van der Waals surface area contributed by atoms with Crippen LogP contribution >= 0.6 is 0 Å². The maximum atomic E-state index is 4.09. The van der Waals surface area contributed by atoms with E-state index in [1.165, 1.54) is 86.8 Å². The molecule has 2 aliphatic carbocycles. The van der Waals surface area contributed by atoms with Crippen LogP contribution in [0.2, 0.25) is 0 Å². The van der Waals surface area contributed by atoms with Gasteiger partial charge in [0.05, 0.1) is 0 Å². The van der Waals surface area contributed by atoms with Gasteiger partial charge >= 0.3 is 0 Å². The molecule has 1 unspecified atom stereocenters. The van der Waals surface area contributed by atoms with E-state index >= 15 is 0 Å². The zero-order valence-corrected chi connectivity index (χ0v) is 19.3. The summed E-state index contributed by atoms with van der Waals surface area (Å²) in [5.74, 6) is 2.35. The zero-order valence-electron chi connectivity index (χ0n) is 19.3. The smallest absolute Gasteiger partial charge is 0.00996 e. The Kier molecular flexibility index (Phi) is 6.17. The summed E-state index contributed by atoms with van der Waals surface area (Å²) >= 11 is 0. The first-order chi connectivity index (χ1) is 15.3. The fourth-order valence-electron chi connectivity index (χ4n) is 6.51. The van der Waals surface area contributed by atoms with Gasteiger partial charge in [-0.05, 0) is 101 Å². The van der Waals surface area contributed by atoms with Crippen LogP contribution in [-0.4, -0.2) is 0 Å². The number of unbranched alkanes of at least 4 members (excludes halogenated alkanes) is 2. The van der Waals surface area contributed by atoms with Gasteiger partial charge in [-0.2, -0.15) is 0 Å². The maximum Gasteiger partial charge on any atom is -0.00996 e. The predicted octanol–water partition coefficient (Wildman–Crippen LogP) is 9.14. The highest BCUT2D eigenvalue weighted by atomic mass is 14.3. The third kappa shape index (κ3) is 4.07. The summed E-state index contributed by atoms with van der Waals surface area (Å²) in [6.45, 7) is 6.40. The third-order valence-electron chi connectivity index (χ3n) is 8.34. The van der Waals surface area contributed by atoms with Gasteiger partial charge in [0.25, 0.3) is 0 Å². The normalized spacial score (nSPS) is 23.7. The highest BCUT2D eigenvalue weighted by molar-refractivity contribution is 6.10. The average molecular weight is 411 g/mol. The highest BCUT2D eigenvalue weighted by Crippen LogP contribution is 2.45. The monoisotopic (exact) mass is 410 g/mol. The number of rotatable bonds is 6. The lowest BCUT2D eigenvalue weighted by atomic mass is 9.73. The molecule has 31 heavy (non-hydrogen) atoms. The molecule has 0 nitrogen and oxygen atoms in total. The number of benzene rings is 3. The maximum absolute atomic E-state index is 4.09. The average Bonchev–Trinajstić information content (AvgIpc) is 2.83. The standard InChI is InChI=1S/C31H38/c1-3-5-6-9-23-12-15-24(16-13-23)30-21-25-10-7-8-11-27(25)29-19-17-26-20-22(4-2)14-18-28(26)31(29)30/h4,7-8,10-11,17,19,21-24H,2-3,5-6,9,12-16,18,20H2,1H3. The second-order valence-electron chi connectivity index (χ2n) is 10.3. The first-order valence-electron chi connectivity index (χ1n) is 12.9. The van der Waals surface area contributed by atoms with E-state index in [0.717, 1.165) is 11.8 Å². The van der Waals surface area contributed by atoms with Crippen molar-refractivity contribution >= 4 is 21.5 Å². The third-order valence-corrected chi connectivity index (χ3v) is 8.34. The predicted molar refractivity (Wildman–Crippen MR) is 136 cm³/mol. The van der Waals surface area contributed by atoms with Crippen molar-refractivity contribution in [2.75, 3.05) is 0 Å². The van der Waals surface area contributed by atoms with E-state index in [-0.39, 0.29) is 0 Å². The minimum atomic E-state index is 0.646. The van der Waals surface area contributed by atoms with Crippen molar-refractivity contribution in [2.45, 2.75) is 83.5 Å². The molecule has 3 aromatic rings. The van der Waals surface area contributed by atoms with Crippen molar-refractivity contribution in [1.82, 2.24) is 0 Å². The molecule has 0 heterocycles. The molecule has 3 aromatic carbocycles. The second kappa shape index (κ2) is 9.19. The summed E-state index contributed by atoms with van der Waals surface area (Å²) in [4.78, 5) is 0. The molecule has 0 aromatic heterocycles. The van der Waals surface area contributed by atoms with Gasteiger partial charge in [0.1, 0.15) is 0 Å². The summed E-state index contributed by atoms with van der Waals surface area (Å²) < 4.78 is 0. The zero-order chi connectivity index (χ0) is 21.2. The van der Waals surface area contributed by atoms with Crippen molar-refractivity contribution in [3.8, 4) is 0 Å². The van der Waals surface area contributed by atoms with Crippen molar-refractivity contribution in [3.05, 3.63) is 71.8 Å². The molecular weight excluding hydrogens is 372 g/mol. The van der Waals surface area contributed by atoms with E-state index in [9.17, 15) is 0 Å². The molecule has 0 heteroatoms. The van der Waals surface area contributed by atoms with E-state index in [0.29, 0.717) is 5.92 Å².